The van der Waals surface area contributed by atoms with Gasteiger partial charge in [0.1, 0.15) is 0 Å². The molecule has 0 saturated carbocycles. The summed E-state index contributed by atoms with van der Waals surface area (Å²) in [5, 5.41) is 6.52. The maximum Gasteiger partial charge on any atom is 0.229 e. The zero-order chi connectivity index (χ0) is 13.4. The molecule has 2 heterocycles. The fourth-order valence-corrected chi connectivity index (χ4v) is 3.02. The molecule has 6 heteroatoms. The highest BCUT2D eigenvalue weighted by atomic mass is 32.1. The third kappa shape index (κ3) is 2.44. The van der Waals surface area contributed by atoms with Crippen molar-refractivity contribution in [3.05, 3.63) is 23.2 Å². The molecule has 1 aliphatic heterocycles. The number of fused-ring (bicyclic) bond motifs is 1. The Morgan fingerprint density at radius 3 is 3.11 bits per heavy atom. The van der Waals surface area contributed by atoms with Crippen LogP contribution in [-0.2, 0) is 9.59 Å². The molecule has 5 nitrogen and oxygen atoms in total. The third-order valence-electron chi connectivity index (χ3n) is 3.11. The van der Waals surface area contributed by atoms with Gasteiger partial charge in [-0.3, -0.25) is 9.59 Å². The standard InChI is InChI=1S/C13H13N3O2S/c1-7-15-10-3-2-9(5-11(10)19-7)16-13(18)8-4-12(17)14-6-8/h2-3,5,8H,4,6H2,1H3,(H,14,17)(H,16,18). The highest BCUT2D eigenvalue weighted by Gasteiger charge is 2.27. The van der Waals surface area contributed by atoms with E-state index in [1.807, 2.05) is 25.1 Å². The molecule has 0 bridgehead atoms. The molecule has 3 rings (SSSR count). The first-order chi connectivity index (χ1) is 9.11. The number of hydrogen-bond donors (Lipinski definition) is 2. The van der Waals surface area contributed by atoms with Gasteiger partial charge in [0.2, 0.25) is 11.8 Å². The van der Waals surface area contributed by atoms with Gasteiger partial charge in [-0.15, -0.1) is 11.3 Å². The fourth-order valence-electron chi connectivity index (χ4n) is 2.15. The Labute approximate surface area is 114 Å². The summed E-state index contributed by atoms with van der Waals surface area (Å²) >= 11 is 1.60. The van der Waals surface area contributed by atoms with Crippen molar-refractivity contribution in [1.82, 2.24) is 10.3 Å². The first-order valence-corrected chi connectivity index (χ1v) is 6.88. The molecule has 2 N–H and O–H groups in total. The summed E-state index contributed by atoms with van der Waals surface area (Å²) in [6.07, 6.45) is 0.272. The van der Waals surface area contributed by atoms with Crippen molar-refractivity contribution < 1.29 is 9.59 Å². The molecular formula is C13H13N3O2S. The molecule has 0 aliphatic carbocycles. The minimum Gasteiger partial charge on any atom is -0.355 e. The Kier molecular flexibility index (Phi) is 2.94. The second kappa shape index (κ2) is 4.62. The number of rotatable bonds is 2. The Morgan fingerprint density at radius 1 is 1.53 bits per heavy atom. The molecule has 0 spiro atoms. The Hall–Kier alpha value is -1.95. The Balaban J connectivity index is 1.77. The quantitative estimate of drug-likeness (QED) is 0.876. The van der Waals surface area contributed by atoms with Crippen LogP contribution in [-0.4, -0.2) is 23.3 Å². The number of aryl methyl sites for hydroxylation is 1. The van der Waals surface area contributed by atoms with Crippen LogP contribution in [0, 0.1) is 12.8 Å². The lowest BCUT2D eigenvalue weighted by Gasteiger charge is -2.08. The van der Waals surface area contributed by atoms with Crippen LogP contribution in [0.25, 0.3) is 10.2 Å². The van der Waals surface area contributed by atoms with Gasteiger partial charge in [-0.1, -0.05) is 0 Å². The van der Waals surface area contributed by atoms with E-state index in [9.17, 15) is 9.59 Å². The van der Waals surface area contributed by atoms with Crippen LogP contribution in [0.15, 0.2) is 18.2 Å². The van der Waals surface area contributed by atoms with Crippen LogP contribution >= 0.6 is 11.3 Å². The van der Waals surface area contributed by atoms with Gasteiger partial charge in [0, 0.05) is 18.7 Å². The topological polar surface area (TPSA) is 71.1 Å². The number of carbonyl (C=O) groups excluding carboxylic acids is 2. The summed E-state index contributed by atoms with van der Waals surface area (Å²) in [7, 11) is 0. The normalized spacial score (nSPS) is 18.6. The van der Waals surface area contributed by atoms with Crippen LogP contribution in [0.5, 0.6) is 0 Å². The van der Waals surface area contributed by atoms with Gasteiger partial charge in [-0.25, -0.2) is 4.98 Å². The molecule has 1 aromatic heterocycles. The van der Waals surface area contributed by atoms with E-state index < -0.39 is 0 Å². The summed E-state index contributed by atoms with van der Waals surface area (Å²) in [6.45, 7) is 2.38. The van der Waals surface area contributed by atoms with Crippen molar-refractivity contribution >= 4 is 39.1 Å². The van der Waals surface area contributed by atoms with Gasteiger partial charge in [0.15, 0.2) is 0 Å². The number of nitrogens with zero attached hydrogens (tertiary/aromatic N) is 1. The van der Waals surface area contributed by atoms with E-state index in [-0.39, 0.29) is 24.2 Å². The molecular weight excluding hydrogens is 262 g/mol. The zero-order valence-corrected chi connectivity index (χ0v) is 11.2. The van der Waals surface area contributed by atoms with E-state index in [1.165, 1.54) is 0 Å². The van der Waals surface area contributed by atoms with E-state index in [0.29, 0.717) is 6.54 Å². The lowest BCUT2D eigenvalue weighted by atomic mass is 10.1. The van der Waals surface area contributed by atoms with E-state index in [1.54, 1.807) is 11.3 Å². The lowest BCUT2D eigenvalue weighted by molar-refractivity contribution is -0.123. The molecule has 19 heavy (non-hydrogen) atoms. The monoisotopic (exact) mass is 275 g/mol. The van der Waals surface area contributed by atoms with Crippen LogP contribution in [0.3, 0.4) is 0 Å². The predicted octanol–water partition coefficient (Wildman–Crippen LogP) is 1.68. The average molecular weight is 275 g/mol. The second-order valence-corrected chi connectivity index (χ2v) is 5.84. The van der Waals surface area contributed by atoms with Crippen LogP contribution in [0.2, 0.25) is 0 Å². The van der Waals surface area contributed by atoms with E-state index >= 15 is 0 Å². The minimum absolute atomic E-state index is 0.0614. The highest BCUT2D eigenvalue weighted by Crippen LogP contribution is 2.25. The van der Waals surface area contributed by atoms with E-state index in [2.05, 4.69) is 15.6 Å². The molecule has 1 atom stereocenters. The summed E-state index contributed by atoms with van der Waals surface area (Å²) in [5.74, 6) is -0.445. The molecule has 1 saturated heterocycles. The summed E-state index contributed by atoms with van der Waals surface area (Å²) in [6, 6.07) is 5.65. The van der Waals surface area contributed by atoms with E-state index in [4.69, 9.17) is 0 Å². The number of amides is 2. The fraction of sp³-hybridized carbons (Fsp3) is 0.308. The highest BCUT2D eigenvalue weighted by molar-refractivity contribution is 7.18. The summed E-state index contributed by atoms with van der Waals surface area (Å²) in [5.41, 5.74) is 1.69. The number of hydrogen-bond acceptors (Lipinski definition) is 4. The summed E-state index contributed by atoms with van der Waals surface area (Å²) in [4.78, 5) is 27.4. The van der Waals surface area contributed by atoms with E-state index in [0.717, 1.165) is 20.9 Å². The predicted molar refractivity (Wildman–Crippen MR) is 74.1 cm³/mol. The second-order valence-electron chi connectivity index (χ2n) is 4.61. The molecule has 2 amide bonds. The van der Waals surface area contributed by atoms with Gasteiger partial charge < -0.3 is 10.6 Å². The smallest absolute Gasteiger partial charge is 0.229 e. The number of carbonyl (C=O) groups is 2. The number of benzene rings is 1. The van der Waals surface area contributed by atoms with Gasteiger partial charge in [-0.05, 0) is 25.1 Å². The van der Waals surface area contributed by atoms with Crippen LogP contribution < -0.4 is 10.6 Å². The van der Waals surface area contributed by atoms with Gasteiger partial charge >= 0.3 is 0 Å². The molecule has 1 aromatic carbocycles. The molecule has 98 valence electrons. The van der Waals surface area contributed by atoms with Crippen molar-refractivity contribution in [3.63, 3.8) is 0 Å². The maximum absolute atomic E-state index is 12.0. The Bertz CT molecular complexity index is 665. The number of thiazole rings is 1. The zero-order valence-electron chi connectivity index (χ0n) is 10.4. The SMILES string of the molecule is Cc1nc2ccc(NC(=O)C3CNC(=O)C3)cc2s1. The largest absolute Gasteiger partial charge is 0.355 e. The minimum atomic E-state index is -0.272. The van der Waals surface area contributed by atoms with Crippen LogP contribution in [0.1, 0.15) is 11.4 Å². The molecule has 1 unspecified atom stereocenters. The number of nitrogens with one attached hydrogen (secondary N) is 2. The van der Waals surface area contributed by atoms with Gasteiger partial charge in [0.25, 0.3) is 0 Å². The van der Waals surface area contributed by atoms with Crippen LogP contribution in [0.4, 0.5) is 5.69 Å². The van der Waals surface area contributed by atoms with Crippen molar-refractivity contribution in [2.45, 2.75) is 13.3 Å². The van der Waals surface area contributed by atoms with Crippen molar-refractivity contribution in [2.24, 2.45) is 5.92 Å². The maximum atomic E-state index is 12.0. The lowest BCUT2D eigenvalue weighted by Crippen LogP contribution is -2.24. The molecule has 1 fully saturated rings. The number of anilines is 1. The Morgan fingerprint density at radius 2 is 2.37 bits per heavy atom. The van der Waals surface area contributed by atoms with Gasteiger partial charge in [0.05, 0.1) is 21.1 Å². The molecule has 2 aromatic rings. The van der Waals surface area contributed by atoms with Crippen molar-refractivity contribution in [2.75, 3.05) is 11.9 Å². The molecule has 0 radical (unpaired) electrons. The van der Waals surface area contributed by atoms with Crippen molar-refractivity contribution in [1.29, 1.82) is 0 Å². The first-order valence-electron chi connectivity index (χ1n) is 6.06. The first kappa shape index (κ1) is 12.1. The third-order valence-corrected chi connectivity index (χ3v) is 4.04. The summed E-state index contributed by atoms with van der Waals surface area (Å²) < 4.78 is 1.05. The van der Waals surface area contributed by atoms with Crippen molar-refractivity contribution in [3.8, 4) is 0 Å². The van der Waals surface area contributed by atoms with Gasteiger partial charge in [-0.2, -0.15) is 0 Å². The number of aromatic nitrogens is 1. The average Bonchev–Trinajstić information content (AvgIpc) is 2.93. The molecule has 1 aliphatic rings.